The van der Waals surface area contributed by atoms with E-state index in [9.17, 15) is 0 Å². The maximum Gasteiger partial charge on any atom is 0.158 e. The third-order valence-electron chi connectivity index (χ3n) is 6.00. The first-order valence-corrected chi connectivity index (χ1v) is 11.5. The van der Waals surface area contributed by atoms with Crippen molar-refractivity contribution in [2.75, 3.05) is 5.32 Å². The van der Waals surface area contributed by atoms with Gasteiger partial charge in [0.05, 0.1) is 10.7 Å². The summed E-state index contributed by atoms with van der Waals surface area (Å²) in [5, 5.41) is 9.80. The lowest BCUT2D eigenvalue weighted by Gasteiger charge is -2.09. The number of fused-ring (bicyclic) bond motifs is 1. The molecule has 1 saturated carbocycles. The molecule has 3 aromatic carbocycles. The monoisotopic (exact) mass is 471 g/mol. The van der Waals surface area contributed by atoms with Crippen molar-refractivity contribution in [1.82, 2.24) is 19.7 Å². The molecule has 1 aliphatic carbocycles. The molecule has 5 nitrogen and oxygen atoms in total. The maximum atomic E-state index is 6.56. The van der Waals surface area contributed by atoms with Crippen molar-refractivity contribution in [1.29, 1.82) is 0 Å². The highest BCUT2D eigenvalue weighted by molar-refractivity contribution is 6.32. The average molecular weight is 472 g/mol. The van der Waals surface area contributed by atoms with Gasteiger partial charge in [-0.3, -0.25) is 0 Å². The fourth-order valence-electron chi connectivity index (χ4n) is 4.27. The minimum absolute atomic E-state index is 0.315. The zero-order valence-corrected chi connectivity index (χ0v) is 19.0. The van der Waals surface area contributed by atoms with Crippen LogP contribution in [0.15, 0.2) is 85.2 Å². The Morgan fingerprint density at radius 2 is 1.58 bits per heavy atom. The van der Waals surface area contributed by atoms with Gasteiger partial charge in [0.15, 0.2) is 11.3 Å². The number of nitrogens with zero attached hydrogens (tertiary/aromatic N) is 4. The second-order valence-electron chi connectivity index (χ2n) is 8.14. The summed E-state index contributed by atoms with van der Waals surface area (Å²) < 4.78 is 1.84. The van der Waals surface area contributed by atoms with E-state index in [0.717, 1.165) is 34.7 Å². The van der Waals surface area contributed by atoms with Crippen molar-refractivity contribution in [3.05, 3.63) is 101 Å². The van der Waals surface area contributed by atoms with Gasteiger partial charge >= 0.3 is 0 Å². The molecule has 1 aliphatic rings. The molecule has 7 heteroatoms. The number of halogens is 2. The number of para-hydroxylation sites is 1. The highest BCUT2D eigenvalue weighted by Gasteiger charge is 2.39. The predicted molar refractivity (Wildman–Crippen MR) is 133 cm³/mol. The average Bonchev–Trinajstić information content (AvgIpc) is 3.50. The fraction of sp³-hybridized carbons (Fsp3) is 0.115. The van der Waals surface area contributed by atoms with Crippen LogP contribution in [0.3, 0.4) is 0 Å². The number of hydrogen-bond acceptors (Lipinski definition) is 4. The van der Waals surface area contributed by atoms with Crippen LogP contribution in [0.4, 0.5) is 5.82 Å². The fourth-order valence-corrected chi connectivity index (χ4v) is 4.61. The molecule has 2 atom stereocenters. The summed E-state index contributed by atoms with van der Waals surface area (Å²) >= 11 is 12.7. The van der Waals surface area contributed by atoms with Crippen molar-refractivity contribution in [2.45, 2.75) is 18.4 Å². The number of aromatic nitrogens is 4. The van der Waals surface area contributed by atoms with E-state index in [2.05, 4.69) is 39.6 Å². The van der Waals surface area contributed by atoms with Gasteiger partial charge in [0.2, 0.25) is 0 Å². The summed E-state index contributed by atoms with van der Waals surface area (Å²) in [6.45, 7) is 0. The summed E-state index contributed by atoms with van der Waals surface area (Å²) in [7, 11) is 0. The van der Waals surface area contributed by atoms with Gasteiger partial charge in [0, 0.05) is 22.5 Å². The molecule has 1 fully saturated rings. The Morgan fingerprint density at radius 1 is 0.818 bits per heavy atom. The lowest BCUT2D eigenvalue weighted by atomic mass is 10.1. The van der Waals surface area contributed by atoms with Gasteiger partial charge in [0.25, 0.3) is 0 Å². The molecule has 33 heavy (non-hydrogen) atoms. The standard InChI is InChI=1S/C26H19Cl2N5/c27-18-12-10-17(11-13-18)25-23-24(32-33(25)22-9-5-4-8-20(22)28)26(30-15-29-23)31-21-14-19(21)16-6-2-1-3-7-16/h1-13,15,19,21H,14H2,(H,29,30,31). The van der Waals surface area contributed by atoms with E-state index >= 15 is 0 Å². The van der Waals surface area contributed by atoms with Crippen LogP contribution in [0.5, 0.6) is 0 Å². The van der Waals surface area contributed by atoms with Crippen LogP contribution in [0, 0.1) is 0 Å². The molecule has 6 rings (SSSR count). The van der Waals surface area contributed by atoms with Gasteiger partial charge in [-0.25, -0.2) is 14.6 Å². The zero-order valence-electron chi connectivity index (χ0n) is 17.5. The van der Waals surface area contributed by atoms with Crippen LogP contribution in [-0.2, 0) is 0 Å². The van der Waals surface area contributed by atoms with Crippen LogP contribution in [-0.4, -0.2) is 25.8 Å². The lowest BCUT2D eigenvalue weighted by Crippen LogP contribution is -2.07. The molecule has 1 N–H and O–H groups in total. The van der Waals surface area contributed by atoms with Crippen molar-refractivity contribution in [3.63, 3.8) is 0 Å². The van der Waals surface area contributed by atoms with E-state index in [1.54, 1.807) is 6.33 Å². The van der Waals surface area contributed by atoms with E-state index in [-0.39, 0.29) is 0 Å². The van der Waals surface area contributed by atoms with Gasteiger partial charge < -0.3 is 5.32 Å². The zero-order chi connectivity index (χ0) is 22.4. The molecular weight excluding hydrogens is 453 g/mol. The molecule has 0 spiro atoms. The molecule has 0 bridgehead atoms. The highest BCUT2D eigenvalue weighted by Crippen LogP contribution is 2.43. The Labute approximate surface area is 201 Å². The summed E-state index contributed by atoms with van der Waals surface area (Å²) in [5.41, 5.74) is 5.37. The Kier molecular flexibility index (Phi) is 5.01. The van der Waals surface area contributed by atoms with Gasteiger partial charge in [-0.1, -0.05) is 77.8 Å². The molecule has 162 valence electrons. The predicted octanol–water partition coefficient (Wildman–Crippen LogP) is 6.76. The Balaban J connectivity index is 1.47. The first-order chi connectivity index (χ1) is 16.2. The Bertz CT molecular complexity index is 1450. The third-order valence-corrected chi connectivity index (χ3v) is 6.57. The molecular formula is C26H19Cl2N5. The quantitative estimate of drug-likeness (QED) is 0.307. The second kappa shape index (κ2) is 8.18. The van der Waals surface area contributed by atoms with Crippen molar-refractivity contribution in [3.8, 4) is 16.9 Å². The van der Waals surface area contributed by atoms with Gasteiger partial charge in [-0.05, 0) is 36.2 Å². The smallest absolute Gasteiger partial charge is 0.158 e. The number of anilines is 1. The van der Waals surface area contributed by atoms with Crippen LogP contribution < -0.4 is 5.32 Å². The lowest BCUT2D eigenvalue weighted by molar-refractivity contribution is 0.902. The Morgan fingerprint density at radius 3 is 2.36 bits per heavy atom. The topological polar surface area (TPSA) is 55.6 Å². The third kappa shape index (κ3) is 3.73. The maximum absolute atomic E-state index is 6.56. The van der Waals surface area contributed by atoms with E-state index < -0.39 is 0 Å². The molecule has 0 radical (unpaired) electrons. The number of rotatable bonds is 5. The minimum Gasteiger partial charge on any atom is -0.365 e. The van der Waals surface area contributed by atoms with Crippen LogP contribution in [0.2, 0.25) is 10.0 Å². The first-order valence-electron chi connectivity index (χ1n) is 10.7. The second-order valence-corrected chi connectivity index (χ2v) is 8.99. The van der Waals surface area contributed by atoms with E-state index in [1.807, 2.05) is 59.3 Å². The summed E-state index contributed by atoms with van der Waals surface area (Å²) in [6.07, 6.45) is 2.65. The van der Waals surface area contributed by atoms with E-state index in [1.165, 1.54) is 5.56 Å². The number of hydrogen-bond donors (Lipinski definition) is 1. The van der Waals surface area contributed by atoms with Crippen molar-refractivity contribution < 1.29 is 0 Å². The molecule has 0 saturated heterocycles. The first kappa shape index (κ1) is 20.2. The van der Waals surface area contributed by atoms with Gasteiger partial charge in [-0.15, -0.1) is 0 Å². The summed E-state index contributed by atoms with van der Waals surface area (Å²) in [4.78, 5) is 9.15. The summed E-state index contributed by atoms with van der Waals surface area (Å²) in [5.74, 6) is 1.20. The molecule has 2 unspecified atom stereocenters. The molecule has 0 amide bonds. The van der Waals surface area contributed by atoms with Crippen LogP contribution >= 0.6 is 23.2 Å². The highest BCUT2D eigenvalue weighted by atomic mass is 35.5. The summed E-state index contributed by atoms with van der Waals surface area (Å²) in [6, 6.07) is 26.2. The minimum atomic E-state index is 0.315. The van der Waals surface area contributed by atoms with Crippen LogP contribution in [0.25, 0.3) is 28.0 Å². The largest absolute Gasteiger partial charge is 0.365 e. The van der Waals surface area contributed by atoms with Gasteiger partial charge in [0.1, 0.15) is 17.5 Å². The number of benzene rings is 3. The molecule has 0 aliphatic heterocycles. The van der Waals surface area contributed by atoms with Gasteiger partial charge in [-0.2, -0.15) is 5.10 Å². The molecule has 2 heterocycles. The van der Waals surface area contributed by atoms with Crippen molar-refractivity contribution in [2.24, 2.45) is 0 Å². The van der Waals surface area contributed by atoms with E-state index in [0.29, 0.717) is 27.5 Å². The number of nitrogens with one attached hydrogen (secondary N) is 1. The molecule has 5 aromatic rings. The normalized spacial score (nSPS) is 17.3. The molecule has 2 aromatic heterocycles. The van der Waals surface area contributed by atoms with Crippen LogP contribution in [0.1, 0.15) is 17.9 Å². The van der Waals surface area contributed by atoms with Crippen molar-refractivity contribution >= 4 is 40.1 Å². The SMILES string of the molecule is Clc1ccc(-c2c3ncnc(NC4CC4c4ccccc4)c3nn2-c2ccccc2Cl)cc1. The van der Waals surface area contributed by atoms with E-state index in [4.69, 9.17) is 28.3 Å². The Hall–Kier alpha value is -3.41.